The Morgan fingerprint density at radius 1 is 0.980 bits per heavy atom. The average molecular weight is 697 g/mol. The highest BCUT2D eigenvalue weighted by atomic mass is 19.1. The highest BCUT2D eigenvalue weighted by molar-refractivity contribution is 6.05. The number of carbonyl (C=O) groups is 1. The lowest BCUT2D eigenvalue weighted by Crippen LogP contribution is -2.60. The molecule has 0 unspecified atom stereocenters. The maximum absolute atomic E-state index is 16.1. The van der Waals surface area contributed by atoms with Gasteiger partial charge < -0.3 is 29.1 Å². The SMILES string of the molecule is COc1ccncc1-c1nc(C)cc(C(=O)Nc2nc3ccc(N4CCC(N5CCC6(CC5)CN(C)C6)CC4)cc3n2C2CCC(O)CC2)c1F. The maximum Gasteiger partial charge on any atom is 0.261 e. The molecule has 4 fully saturated rings. The summed E-state index contributed by atoms with van der Waals surface area (Å²) < 4.78 is 23.6. The number of benzene rings is 1. The molecule has 3 aliphatic heterocycles. The number of halogens is 1. The molecule has 2 N–H and O–H groups in total. The zero-order chi connectivity index (χ0) is 35.3. The van der Waals surface area contributed by atoms with E-state index in [0.717, 1.165) is 55.5 Å². The number of aryl methyl sites for hydroxylation is 1. The molecule has 8 rings (SSSR count). The first kappa shape index (κ1) is 34.0. The van der Waals surface area contributed by atoms with E-state index in [-0.39, 0.29) is 23.4 Å². The van der Waals surface area contributed by atoms with Gasteiger partial charge in [-0.1, -0.05) is 0 Å². The monoisotopic (exact) mass is 696 g/mol. The molecule has 51 heavy (non-hydrogen) atoms. The van der Waals surface area contributed by atoms with Crippen molar-refractivity contribution in [3.63, 3.8) is 0 Å². The molecule has 4 aliphatic rings. The standard InChI is InChI=1S/C39H49FN8O3/c1-25-20-30(35(40)36(42-25)31-22-41-15-10-34(31)51-3)37(50)44-38-43-32-9-6-28(21-33(32)48(38)27-4-7-29(49)8-5-27)46-16-11-26(12-17-46)47-18-13-39(14-19-47)23-45(2)24-39/h6,9-10,15,20-22,26-27,29,49H,4-5,7-8,11-14,16-19,23-24H2,1-3H3,(H,43,44,50). The molecule has 3 saturated heterocycles. The summed E-state index contributed by atoms with van der Waals surface area (Å²) in [4.78, 5) is 35.0. The number of carbonyl (C=O) groups excluding carboxylic acids is 1. The van der Waals surface area contributed by atoms with Gasteiger partial charge in [0.1, 0.15) is 11.4 Å². The highest BCUT2D eigenvalue weighted by Crippen LogP contribution is 2.41. The number of nitrogens with zero attached hydrogens (tertiary/aromatic N) is 7. The number of pyridine rings is 2. The Kier molecular flexibility index (Phi) is 9.18. The Bertz CT molecular complexity index is 1900. The minimum atomic E-state index is -0.752. The molecule has 1 spiro atoms. The fourth-order valence-electron chi connectivity index (χ4n) is 9.23. The number of aliphatic hydroxyl groups is 1. The number of methoxy groups -OCH3 is 1. The van der Waals surface area contributed by atoms with Crippen molar-refractivity contribution in [1.29, 1.82) is 0 Å². The third kappa shape index (κ3) is 6.58. The zero-order valence-corrected chi connectivity index (χ0v) is 29.9. The van der Waals surface area contributed by atoms with Crippen molar-refractivity contribution < 1.29 is 19.0 Å². The van der Waals surface area contributed by atoms with Crippen LogP contribution in [0.4, 0.5) is 16.0 Å². The largest absolute Gasteiger partial charge is 0.496 e. The smallest absolute Gasteiger partial charge is 0.261 e. The molecule has 1 aliphatic carbocycles. The molecule has 6 heterocycles. The van der Waals surface area contributed by atoms with Gasteiger partial charge in [0.25, 0.3) is 5.91 Å². The predicted molar refractivity (Wildman–Crippen MR) is 196 cm³/mol. The number of anilines is 2. The number of rotatable bonds is 7. The lowest BCUT2D eigenvalue weighted by Gasteiger charge is -2.54. The molecule has 1 aromatic carbocycles. The summed E-state index contributed by atoms with van der Waals surface area (Å²) in [6, 6.07) is 10.1. The number of hydrogen-bond donors (Lipinski definition) is 2. The molecule has 0 bridgehead atoms. The van der Waals surface area contributed by atoms with Gasteiger partial charge in [-0.25, -0.2) is 14.4 Å². The second-order valence-electron chi connectivity index (χ2n) is 15.4. The Morgan fingerprint density at radius 3 is 2.43 bits per heavy atom. The molecule has 4 aromatic rings. The van der Waals surface area contributed by atoms with E-state index in [4.69, 9.17) is 9.72 Å². The van der Waals surface area contributed by atoms with E-state index < -0.39 is 11.7 Å². The van der Waals surface area contributed by atoms with Crippen molar-refractivity contribution in [2.24, 2.45) is 5.41 Å². The normalized spacial score (nSPS) is 23.0. The molecular formula is C39H49FN8O3. The highest BCUT2D eigenvalue weighted by Gasteiger charge is 2.44. The van der Waals surface area contributed by atoms with Crippen LogP contribution in [0.1, 0.15) is 73.5 Å². The van der Waals surface area contributed by atoms with Crippen LogP contribution in [0.2, 0.25) is 0 Å². The van der Waals surface area contributed by atoms with Crippen LogP contribution in [0.15, 0.2) is 42.7 Å². The van der Waals surface area contributed by atoms with Crippen LogP contribution in [0.25, 0.3) is 22.3 Å². The number of hydrogen-bond acceptors (Lipinski definition) is 9. The van der Waals surface area contributed by atoms with E-state index in [1.54, 1.807) is 19.2 Å². The van der Waals surface area contributed by atoms with Crippen molar-refractivity contribution in [2.45, 2.75) is 76.5 Å². The van der Waals surface area contributed by atoms with Crippen molar-refractivity contribution in [1.82, 2.24) is 29.3 Å². The van der Waals surface area contributed by atoms with Crippen molar-refractivity contribution in [2.75, 3.05) is 63.6 Å². The van der Waals surface area contributed by atoms with E-state index >= 15 is 4.39 Å². The second kappa shape index (κ2) is 13.8. The van der Waals surface area contributed by atoms with E-state index in [1.807, 2.05) is 6.07 Å². The van der Waals surface area contributed by atoms with Crippen LogP contribution < -0.4 is 15.0 Å². The summed E-state index contributed by atoms with van der Waals surface area (Å²) in [6.07, 6.45) is 10.5. The predicted octanol–water partition coefficient (Wildman–Crippen LogP) is 5.67. The molecule has 3 aromatic heterocycles. The van der Waals surface area contributed by atoms with Gasteiger partial charge in [0.05, 0.1) is 35.4 Å². The molecule has 0 atom stereocenters. The summed E-state index contributed by atoms with van der Waals surface area (Å²) in [6.45, 7) is 8.68. The number of ether oxygens (including phenoxy) is 1. The number of aliphatic hydroxyl groups excluding tert-OH is 1. The maximum atomic E-state index is 16.1. The number of piperidine rings is 2. The van der Waals surface area contributed by atoms with Gasteiger partial charge in [0, 0.05) is 62.0 Å². The molecule has 1 amide bonds. The van der Waals surface area contributed by atoms with E-state index in [9.17, 15) is 9.90 Å². The summed E-state index contributed by atoms with van der Waals surface area (Å²) in [5.41, 5.74) is 4.15. The van der Waals surface area contributed by atoms with Crippen molar-refractivity contribution in [3.8, 4) is 17.0 Å². The molecule has 0 radical (unpaired) electrons. The van der Waals surface area contributed by atoms with Gasteiger partial charge >= 0.3 is 0 Å². The van der Waals surface area contributed by atoms with Crippen LogP contribution in [-0.4, -0.2) is 106 Å². The minimum Gasteiger partial charge on any atom is -0.496 e. The van der Waals surface area contributed by atoms with Crippen molar-refractivity contribution in [3.05, 3.63) is 59.8 Å². The van der Waals surface area contributed by atoms with E-state index in [0.29, 0.717) is 47.3 Å². The third-order valence-corrected chi connectivity index (χ3v) is 11.9. The fraction of sp³-hybridized carbons (Fsp3) is 0.538. The van der Waals surface area contributed by atoms with Crippen molar-refractivity contribution >= 4 is 28.6 Å². The second-order valence-corrected chi connectivity index (χ2v) is 15.4. The van der Waals surface area contributed by atoms with Gasteiger partial charge in [-0.15, -0.1) is 0 Å². The van der Waals surface area contributed by atoms with Gasteiger partial charge in [-0.05, 0) is 114 Å². The number of fused-ring (bicyclic) bond motifs is 1. The number of likely N-dealkylation sites (tertiary alicyclic amines) is 2. The summed E-state index contributed by atoms with van der Waals surface area (Å²) in [7, 11) is 3.73. The first-order valence-corrected chi connectivity index (χ1v) is 18.5. The van der Waals surface area contributed by atoms with Gasteiger partial charge in [-0.3, -0.25) is 15.1 Å². The lowest BCUT2D eigenvalue weighted by atomic mass is 9.72. The third-order valence-electron chi connectivity index (χ3n) is 11.9. The Hall–Kier alpha value is -4.13. The molecule has 270 valence electrons. The Morgan fingerprint density at radius 2 is 1.73 bits per heavy atom. The molecular weight excluding hydrogens is 647 g/mol. The topological polar surface area (TPSA) is 112 Å². The van der Waals surface area contributed by atoms with Gasteiger partial charge in [-0.2, -0.15) is 0 Å². The summed E-state index contributed by atoms with van der Waals surface area (Å²) in [5.74, 6) is -0.568. The lowest BCUT2D eigenvalue weighted by molar-refractivity contribution is -0.0419. The van der Waals surface area contributed by atoms with E-state index in [1.165, 1.54) is 58.4 Å². The zero-order valence-electron chi connectivity index (χ0n) is 29.9. The molecule has 11 nitrogen and oxygen atoms in total. The average Bonchev–Trinajstić information content (AvgIpc) is 3.49. The van der Waals surface area contributed by atoms with Crippen LogP contribution in [0.3, 0.4) is 0 Å². The van der Waals surface area contributed by atoms with Crippen LogP contribution in [0, 0.1) is 18.2 Å². The number of nitrogens with one attached hydrogen (secondary N) is 1. The van der Waals surface area contributed by atoms with Crippen LogP contribution in [-0.2, 0) is 0 Å². The summed E-state index contributed by atoms with van der Waals surface area (Å²) >= 11 is 0. The Balaban J connectivity index is 1.04. The molecule has 12 heteroatoms. The first-order chi connectivity index (χ1) is 24.7. The van der Waals surface area contributed by atoms with Crippen LogP contribution >= 0.6 is 0 Å². The fourth-order valence-corrected chi connectivity index (χ4v) is 9.23. The van der Waals surface area contributed by atoms with Gasteiger partial charge in [0.2, 0.25) is 5.95 Å². The summed E-state index contributed by atoms with van der Waals surface area (Å²) in [5, 5.41) is 13.3. The minimum absolute atomic E-state index is 0.00341. The van der Waals surface area contributed by atoms with E-state index in [2.05, 4.69) is 53.7 Å². The quantitative estimate of drug-likeness (QED) is 0.252. The first-order valence-electron chi connectivity index (χ1n) is 18.5. The number of aromatic nitrogens is 4. The molecule has 1 saturated carbocycles. The van der Waals surface area contributed by atoms with Gasteiger partial charge in [0.15, 0.2) is 5.82 Å². The number of imidazole rings is 1. The van der Waals surface area contributed by atoms with Crippen LogP contribution in [0.5, 0.6) is 5.75 Å². The number of amides is 1. The Labute approximate surface area is 298 Å².